The van der Waals surface area contributed by atoms with Crippen LogP contribution in [0.25, 0.3) is 0 Å². The Morgan fingerprint density at radius 2 is 1.77 bits per heavy atom. The fourth-order valence-electron chi connectivity index (χ4n) is 3.37. The van der Waals surface area contributed by atoms with Gasteiger partial charge in [0.2, 0.25) is 15.9 Å². The second-order valence-electron chi connectivity index (χ2n) is 7.22. The molecule has 0 spiro atoms. The number of carbonyl (C=O) groups excluding carboxylic acids is 1. The van der Waals surface area contributed by atoms with Crippen LogP contribution < -0.4 is 19.7 Å². The zero-order valence-corrected chi connectivity index (χ0v) is 18.6. The van der Waals surface area contributed by atoms with E-state index in [9.17, 15) is 13.2 Å². The predicted molar refractivity (Wildman–Crippen MR) is 119 cm³/mol. The Morgan fingerprint density at radius 1 is 1.10 bits per heavy atom. The van der Waals surface area contributed by atoms with Crippen LogP contribution in [0.4, 0.5) is 11.4 Å². The van der Waals surface area contributed by atoms with E-state index in [-0.39, 0.29) is 4.90 Å². The molecule has 1 saturated heterocycles. The van der Waals surface area contributed by atoms with Crippen molar-refractivity contribution in [1.82, 2.24) is 4.72 Å². The van der Waals surface area contributed by atoms with Crippen LogP contribution in [-0.4, -0.2) is 40.6 Å². The molecule has 7 nitrogen and oxygen atoms in total. The van der Waals surface area contributed by atoms with Gasteiger partial charge in [-0.25, -0.2) is 8.42 Å². The van der Waals surface area contributed by atoms with Crippen molar-refractivity contribution in [2.24, 2.45) is 0 Å². The third kappa shape index (κ3) is 5.44. The molecule has 9 heteroatoms. The van der Waals surface area contributed by atoms with Crippen LogP contribution in [0.3, 0.4) is 0 Å². The number of methoxy groups -OCH3 is 1. The summed E-state index contributed by atoms with van der Waals surface area (Å²) in [5, 5.41) is 3.33. The van der Waals surface area contributed by atoms with Crippen molar-refractivity contribution in [3.8, 4) is 5.75 Å². The van der Waals surface area contributed by atoms with Crippen LogP contribution in [0.15, 0.2) is 47.4 Å². The topological polar surface area (TPSA) is 87.7 Å². The molecule has 1 amide bonds. The number of hydrogen-bond donors (Lipinski definition) is 2. The molecule has 1 heterocycles. The van der Waals surface area contributed by atoms with Gasteiger partial charge in [-0.15, -0.1) is 0 Å². The zero-order chi connectivity index (χ0) is 21.7. The average Bonchev–Trinajstić information content (AvgIpc) is 2.74. The summed E-state index contributed by atoms with van der Waals surface area (Å²) in [6.45, 7) is 3.32. The summed E-state index contributed by atoms with van der Waals surface area (Å²) in [7, 11) is -2.36. The normalized spacial score (nSPS) is 15.5. The van der Waals surface area contributed by atoms with Gasteiger partial charge in [-0.2, -0.15) is 4.72 Å². The zero-order valence-electron chi connectivity index (χ0n) is 17.0. The van der Waals surface area contributed by atoms with Crippen molar-refractivity contribution in [3.63, 3.8) is 0 Å². The van der Waals surface area contributed by atoms with Crippen LogP contribution in [0, 0.1) is 0 Å². The van der Waals surface area contributed by atoms with Crippen LogP contribution in [0.2, 0.25) is 5.02 Å². The lowest BCUT2D eigenvalue weighted by molar-refractivity contribution is -0.117. The van der Waals surface area contributed by atoms with E-state index in [0.29, 0.717) is 16.5 Å². The second-order valence-corrected chi connectivity index (χ2v) is 9.37. The molecule has 2 aromatic rings. The molecule has 1 aliphatic rings. The van der Waals surface area contributed by atoms with Crippen molar-refractivity contribution in [2.45, 2.75) is 37.1 Å². The maximum Gasteiger partial charge on any atom is 0.242 e. The van der Waals surface area contributed by atoms with Gasteiger partial charge in [0.25, 0.3) is 0 Å². The molecule has 2 N–H and O–H groups in total. The predicted octanol–water partition coefficient (Wildman–Crippen LogP) is 3.64. The highest BCUT2D eigenvalue weighted by Gasteiger charge is 2.24. The fourth-order valence-corrected chi connectivity index (χ4v) is 4.74. The van der Waals surface area contributed by atoms with Gasteiger partial charge in [-0.05, 0) is 68.7 Å². The summed E-state index contributed by atoms with van der Waals surface area (Å²) in [4.78, 5) is 15.0. The first kappa shape index (κ1) is 22.4. The van der Waals surface area contributed by atoms with E-state index in [1.54, 1.807) is 24.3 Å². The molecular weight excluding hydrogens is 426 g/mol. The molecule has 0 saturated carbocycles. The van der Waals surface area contributed by atoms with Gasteiger partial charge in [0.1, 0.15) is 5.75 Å². The summed E-state index contributed by atoms with van der Waals surface area (Å²) in [6.07, 6.45) is 3.37. The maximum atomic E-state index is 12.7. The number of nitrogens with zero attached hydrogens (tertiary/aromatic N) is 1. The van der Waals surface area contributed by atoms with Crippen molar-refractivity contribution in [1.29, 1.82) is 0 Å². The van der Waals surface area contributed by atoms with Gasteiger partial charge in [0, 0.05) is 18.1 Å². The Morgan fingerprint density at radius 3 is 2.40 bits per heavy atom. The van der Waals surface area contributed by atoms with Crippen molar-refractivity contribution in [3.05, 3.63) is 47.5 Å². The van der Waals surface area contributed by atoms with Gasteiger partial charge in [0.05, 0.1) is 29.4 Å². The van der Waals surface area contributed by atoms with E-state index in [1.807, 2.05) is 6.07 Å². The van der Waals surface area contributed by atoms with E-state index in [4.69, 9.17) is 16.3 Å². The molecule has 1 fully saturated rings. The lowest BCUT2D eigenvalue weighted by Gasteiger charge is -2.31. The standard InChI is InChI=1S/C21H26ClN3O4S/c1-15(24-30(27,28)18-9-7-17(29-2)8-10-18)21(26)23-19-14-16(22)6-11-20(19)25-12-4-3-5-13-25/h6-11,14-15,24H,3-5,12-13H2,1-2H3,(H,23,26)/t15-/m0/s1. The van der Waals surface area contributed by atoms with E-state index in [2.05, 4.69) is 14.9 Å². The van der Waals surface area contributed by atoms with Crippen LogP contribution in [-0.2, 0) is 14.8 Å². The smallest absolute Gasteiger partial charge is 0.242 e. The summed E-state index contributed by atoms with van der Waals surface area (Å²) in [5.74, 6) is 0.0820. The molecule has 0 aliphatic carbocycles. The van der Waals surface area contributed by atoms with Gasteiger partial charge in [0.15, 0.2) is 0 Å². The van der Waals surface area contributed by atoms with E-state index < -0.39 is 22.0 Å². The molecule has 162 valence electrons. The highest BCUT2D eigenvalue weighted by molar-refractivity contribution is 7.89. The van der Waals surface area contributed by atoms with Crippen LogP contribution in [0.1, 0.15) is 26.2 Å². The van der Waals surface area contributed by atoms with Crippen LogP contribution >= 0.6 is 11.6 Å². The first-order valence-corrected chi connectivity index (χ1v) is 11.7. The number of carbonyl (C=O) groups is 1. The molecule has 2 aromatic carbocycles. The summed E-state index contributed by atoms with van der Waals surface area (Å²) in [5.41, 5.74) is 1.46. The first-order chi connectivity index (χ1) is 14.3. The lowest BCUT2D eigenvalue weighted by atomic mass is 10.1. The van der Waals surface area contributed by atoms with Crippen molar-refractivity contribution >= 4 is 38.9 Å². The van der Waals surface area contributed by atoms with Crippen molar-refractivity contribution < 1.29 is 17.9 Å². The number of sulfonamides is 1. The van der Waals surface area contributed by atoms with E-state index >= 15 is 0 Å². The molecular formula is C21H26ClN3O4S. The van der Waals surface area contributed by atoms with Gasteiger partial charge >= 0.3 is 0 Å². The Labute approximate surface area is 182 Å². The third-order valence-electron chi connectivity index (χ3n) is 5.01. The average molecular weight is 452 g/mol. The molecule has 0 radical (unpaired) electrons. The number of halogens is 1. The highest BCUT2D eigenvalue weighted by atomic mass is 35.5. The Hall–Kier alpha value is -2.29. The molecule has 0 unspecified atom stereocenters. The summed E-state index contributed by atoms with van der Waals surface area (Å²) >= 11 is 6.14. The molecule has 0 aromatic heterocycles. The molecule has 1 atom stereocenters. The first-order valence-electron chi connectivity index (χ1n) is 9.82. The Kier molecular flexibility index (Phi) is 7.23. The quantitative estimate of drug-likeness (QED) is 0.671. The van der Waals surface area contributed by atoms with Crippen molar-refractivity contribution in [2.75, 3.05) is 30.4 Å². The minimum atomic E-state index is -3.86. The largest absolute Gasteiger partial charge is 0.497 e. The number of benzene rings is 2. The minimum absolute atomic E-state index is 0.0553. The fraction of sp³-hybridized carbons (Fsp3) is 0.381. The molecule has 3 rings (SSSR count). The summed E-state index contributed by atoms with van der Waals surface area (Å²) in [6, 6.07) is 10.3. The van der Waals surface area contributed by atoms with Crippen LogP contribution in [0.5, 0.6) is 5.75 Å². The SMILES string of the molecule is COc1ccc(S(=O)(=O)N[C@@H](C)C(=O)Nc2cc(Cl)ccc2N2CCCCC2)cc1. The number of amides is 1. The Balaban J connectivity index is 1.73. The molecule has 0 bridgehead atoms. The Bertz CT molecular complexity index is 990. The molecule has 30 heavy (non-hydrogen) atoms. The number of ether oxygens (including phenoxy) is 1. The van der Waals surface area contributed by atoms with Gasteiger partial charge < -0.3 is 15.0 Å². The summed E-state index contributed by atoms with van der Waals surface area (Å²) < 4.78 is 32.7. The van der Waals surface area contributed by atoms with Gasteiger partial charge in [-0.1, -0.05) is 11.6 Å². The maximum absolute atomic E-state index is 12.7. The second kappa shape index (κ2) is 9.68. The number of anilines is 2. The highest BCUT2D eigenvalue weighted by Crippen LogP contribution is 2.31. The van der Waals surface area contributed by atoms with E-state index in [1.165, 1.54) is 32.6 Å². The number of hydrogen-bond acceptors (Lipinski definition) is 5. The number of rotatable bonds is 7. The monoisotopic (exact) mass is 451 g/mol. The number of nitrogens with one attached hydrogen (secondary N) is 2. The lowest BCUT2D eigenvalue weighted by Crippen LogP contribution is -2.41. The third-order valence-corrected chi connectivity index (χ3v) is 6.80. The van der Waals surface area contributed by atoms with E-state index in [0.717, 1.165) is 31.6 Å². The van der Waals surface area contributed by atoms with Gasteiger partial charge in [-0.3, -0.25) is 4.79 Å². The molecule has 1 aliphatic heterocycles. The minimum Gasteiger partial charge on any atom is -0.497 e. The number of piperidine rings is 1.